The van der Waals surface area contributed by atoms with E-state index in [4.69, 9.17) is 17.0 Å². The Morgan fingerprint density at radius 3 is 2.30 bits per heavy atom. The molecule has 4 heteroatoms. The number of nitrogens with zero attached hydrogens (tertiary/aromatic N) is 1. The smallest absolute Gasteiger partial charge is 0.141 e. The Bertz CT molecular complexity index is 660. The van der Waals surface area contributed by atoms with E-state index >= 15 is 0 Å². The Labute approximate surface area is 142 Å². The molecular weight excluding hydrogens is 308 g/mol. The fourth-order valence-corrected chi connectivity index (χ4v) is 2.43. The van der Waals surface area contributed by atoms with Gasteiger partial charge in [-0.2, -0.15) is 0 Å². The van der Waals surface area contributed by atoms with Crippen LogP contribution in [0.1, 0.15) is 37.7 Å². The molecule has 2 aromatic carbocycles. The van der Waals surface area contributed by atoms with Crippen molar-refractivity contribution in [2.75, 3.05) is 0 Å². The van der Waals surface area contributed by atoms with E-state index in [-0.39, 0.29) is 5.75 Å². The van der Waals surface area contributed by atoms with E-state index in [1.807, 2.05) is 30.3 Å². The van der Waals surface area contributed by atoms with Crippen LogP contribution >= 0.6 is 11.6 Å². The normalized spacial score (nSPS) is 14.4. The average molecular weight is 329 g/mol. The summed E-state index contributed by atoms with van der Waals surface area (Å²) in [6.45, 7) is 0. The molecule has 3 nitrogen and oxygen atoms in total. The molecule has 23 heavy (non-hydrogen) atoms. The summed E-state index contributed by atoms with van der Waals surface area (Å²) in [5.74, 6) is 0.122. The maximum absolute atomic E-state index is 9.54. The Hall–Kier alpha value is -2.13. The van der Waals surface area contributed by atoms with Gasteiger partial charge < -0.3 is 10.5 Å². The van der Waals surface area contributed by atoms with Gasteiger partial charge in [0.1, 0.15) is 11.4 Å². The summed E-state index contributed by atoms with van der Waals surface area (Å²) < 4.78 is 0. The fraction of sp³-hybridized carbons (Fsp3) is 0.263. The van der Waals surface area contributed by atoms with Crippen LogP contribution in [0.15, 0.2) is 53.5 Å². The molecule has 2 N–H and O–H groups in total. The van der Waals surface area contributed by atoms with Crippen molar-refractivity contribution in [2.45, 2.75) is 32.1 Å². The lowest BCUT2D eigenvalue weighted by Crippen LogP contribution is -2.01. The summed E-state index contributed by atoms with van der Waals surface area (Å²) in [4.78, 5) is 4.18. The number of hydrogen-bond donors (Lipinski definition) is 2. The van der Waals surface area contributed by atoms with Crippen LogP contribution in [-0.4, -0.2) is 17.0 Å². The minimum absolute atomic E-state index is 0.122. The number of aliphatic imine (C=N–C) groups is 1. The fourth-order valence-electron chi connectivity index (χ4n) is 2.26. The molecule has 2 aromatic rings. The Morgan fingerprint density at radius 2 is 1.70 bits per heavy atom. The van der Waals surface area contributed by atoms with Crippen molar-refractivity contribution in [1.29, 1.82) is 5.41 Å². The van der Waals surface area contributed by atoms with Gasteiger partial charge in [0.15, 0.2) is 0 Å². The summed E-state index contributed by atoms with van der Waals surface area (Å²) in [5, 5.41) is 17.3. The van der Waals surface area contributed by atoms with E-state index in [2.05, 4.69) is 4.99 Å². The molecule has 0 radical (unpaired) electrons. The monoisotopic (exact) mass is 328 g/mol. The maximum Gasteiger partial charge on any atom is 0.141 e. The molecule has 0 bridgehead atoms. The summed E-state index contributed by atoms with van der Waals surface area (Å²) in [6.07, 6.45) is 7.70. The minimum Gasteiger partial charge on any atom is -0.506 e. The summed E-state index contributed by atoms with van der Waals surface area (Å²) >= 11 is 5.81. The molecule has 0 spiro atoms. The highest BCUT2D eigenvalue weighted by Gasteiger charge is 2.02. The highest BCUT2D eigenvalue weighted by atomic mass is 35.5. The zero-order valence-corrected chi connectivity index (χ0v) is 13.8. The van der Waals surface area contributed by atoms with Crippen LogP contribution in [0.4, 0.5) is 5.69 Å². The van der Waals surface area contributed by atoms with Crippen molar-refractivity contribution >= 4 is 29.2 Å². The van der Waals surface area contributed by atoms with E-state index < -0.39 is 0 Å². The van der Waals surface area contributed by atoms with Gasteiger partial charge in [-0.25, -0.2) is 0 Å². The average Bonchev–Trinajstić information content (AvgIpc) is 2.58. The third kappa shape index (κ3) is 6.25. The zero-order valence-electron chi connectivity index (χ0n) is 13.0. The molecule has 1 fully saturated rings. The van der Waals surface area contributed by atoms with Crippen LogP contribution in [0.5, 0.6) is 5.75 Å². The van der Waals surface area contributed by atoms with Crippen LogP contribution in [0.25, 0.3) is 0 Å². The van der Waals surface area contributed by atoms with Crippen molar-refractivity contribution in [3.63, 3.8) is 0 Å². The number of halogens is 1. The number of phenols is 1. The highest BCUT2D eigenvalue weighted by molar-refractivity contribution is 6.30. The quantitative estimate of drug-likeness (QED) is 0.676. The summed E-state index contributed by atoms with van der Waals surface area (Å²) in [7, 11) is 0. The molecule has 0 heterocycles. The second kappa shape index (κ2) is 9.11. The summed E-state index contributed by atoms with van der Waals surface area (Å²) in [6, 6.07) is 14.4. The topological polar surface area (TPSA) is 56.4 Å². The van der Waals surface area contributed by atoms with Crippen LogP contribution in [0, 0.1) is 5.41 Å². The van der Waals surface area contributed by atoms with Crippen LogP contribution in [0.2, 0.25) is 5.02 Å². The van der Waals surface area contributed by atoms with Crippen molar-refractivity contribution in [1.82, 2.24) is 0 Å². The molecule has 0 amide bonds. The number of phenolic OH excluding ortho intramolecular Hbond substituents is 1. The first-order valence-corrected chi connectivity index (χ1v) is 8.17. The number of aromatic hydroxyl groups is 1. The molecule has 0 aromatic heterocycles. The first-order chi connectivity index (χ1) is 11.1. The van der Waals surface area contributed by atoms with Crippen LogP contribution < -0.4 is 0 Å². The predicted molar refractivity (Wildman–Crippen MR) is 97.6 cm³/mol. The zero-order chi connectivity index (χ0) is 16.5. The van der Waals surface area contributed by atoms with E-state index in [1.165, 1.54) is 25.3 Å². The Balaban J connectivity index is 0.000000229. The molecule has 120 valence electrons. The van der Waals surface area contributed by atoms with E-state index in [1.54, 1.807) is 18.3 Å². The third-order valence-corrected chi connectivity index (χ3v) is 3.78. The molecule has 1 saturated carbocycles. The van der Waals surface area contributed by atoms with Crippen molar-refractivity contribution in [3.8, 4) is 5.75 Å². The van der Waals surface area contributed by atoms with E-state index in [0.717, 1.165) is 24.1 Å². The van der Waals surface area contributed by atoms with Crippen LogP contribution in [-0.2, 0) is 0 Å². The highest BCUT2D eigenvalue weighted by Crippen LogP contribution is 2.29. The van der Waals surface area contributed by atoms with Gasteiger partial charge in [0.05, 0.1) is 0 Å². The molecule has 0 saturated heterocycles. The second-order valence-corrected chi connectivity index (χ2v) is 5.90. The first kappa shape index (κ1) is 17.2. The standard InChI is InChI=1S/C13H10ClNO.C6H11N/c14-11-6-7-13(16)12(8-11)15-9-10-4-2-1-3-5-10;7-6-4-2-1-3-5-6/h1-9,16H;7H,1-5H2. The largest absolute Gasteiger partial charge is 0.506 e. The van der Waals surface area contributed by atoms with Gasteiger partial charge in [0, 0.05) is 16.9 Å². The van der Waals surface area contributed by atoms with Gasteiger partial charge in [-0.15, -0.1) is 0 Å². The van der Waals surface area contributed by atoms with Gasteiger partial charge in [0.25, 0.3) is 0 Å². The van der Waals surface area contributed by atoms with Crippen molar-refractivity contribution in [2.24, 2.45) is 4.99 Å². The van der Waals surface area contributed by atoms with Gasteiger partial charge in [-0.1, -0.05) is 48.4 Å². The summed E-state index contributed by atoms with van der Waals surface area (Å²) in [5.41, 5.74) is 2.41. The number of rotatable bonds is 2. The SMILES string of the molecule is N=C1CCCCC1.Oc1ccc(Cl)cc1N=Cc1ccccc1. The van der Waals surface area contributed by atoms with E-state index in [9.17, 15) is 5.11 Å². The molecule has 1 aliphatic rings. The van der Waals surface area contributed by atoms with Gasteiger partial charge in [-0.05, 0) is 49.4 Å². The Kier molecular flexibility index (Phi) is 6.82. The molecule has 0 atom stereocenters. The molecule has 3 rings (SSSR count). The lowest BCUT2D eigenvalue weighted by molar-refractivity contribution is 0.477. The van der Waals surface area contributed by atoms with Crippen molar-refractivity contribution < 1.29 is 5.11 Å². The predicted octanol–water partition coefficient (Wildman–Crippen LogP) is 5.77. The first-order valence-electron chi connectivity index (χ1n) is 7.79. The van der Waals surface area contributed by atoms with Gasteiger partial charge in [-0.3, -0.25) is 4.99 Å². The van der Waals surface area contributed by atoms with Gasteiger partial charge in [0.2, 0.25) is 0 Å². The van der Waals surface area contributed by atoms with Crippen LogP contribution in [0.3, 0.4) is 0 Å². The van der Waals surface area contributed by atoms with E-state index in [0.29, 0.717) is 10.7 Å². The number of hydrogen-bond acceptors (Lipinski definition) is 3. The molecular formula is C19H21ClN2O. The van der Waals surface area contributed by atoms with Crippen molar-refractivity contribution in [3.05, 3.63) is 59.1 Å². The number of benzene rings is 2. The van der Waals surface area contributed by atoms with Gasteiger partial charge >= 0.3 is 0 Å². The molecule has 0 aliphatic heterocycles. The maximum atomic E-state index is 9.54. The number of nitrogens with one attached hydrogen (secondary N) is 1. The lowest BCUT2D eigenvalue weighted by atomic mass is 9.99. The Morgan fingerprint density at radius 1 is 1.00 bits per heavy atom. The molecule has 1 aliphatic carbocycles. The third-order valence-electron chi connectivity index (χ3n) is 3.55. The molecule has 0 unspecified atom stereocenters. The second-order valence-electron chi connectivity index (χ2n) is 5.47. The lowest BCUT2D eigenvalue weighted by Gasteiger charge is -2.08. The minimum atomic E-state index is 0.122.